The number of benzene rings is 3. The molecule has 4 aromatic rings. The first-order chi connectivity index (χ1) is 21.3. The van der Waals surface area contributed by atoms with E-state index in [1.807, 2.05) is 49.4 Å². The molecule has 1 aliphatic rings. The standard InChI is InChI=1S/C32H34N6O5S/c1-23-22-35(17-18-36(23)31(40)25-10-6-11-27(21-25)38(41)42)30(39)12-7-19-44-32-34-33-29(20-24-8-4-3-5-9-24)37(32)26-13-15-28(43-2)16-14-26/h3-6,8-11,13-16,21,23H,7,12,17-20,22H2,1-2H3. The molecule has 1 aromatic heterocycles. The number of nitro groups is 1. The number of hydrogen-bond donors (Lipinski definition) is 0. The van der Waals surface area contributed by atoms with Crippen molar-refractivity contribution in [2.75, 3.05) is 32.5 Å². The van der Waals surface area contributed by atoms with Crippen molar-refractivity contribution in [1.82, 2.24) is 24.6 Å². The van der Waals surface area contributed by atoms with Gasteiger partial charge in [0.15, 0.2) is 5.16 Å². The lowest BCUT2D eigenvalue weighted by atomic mass is 10.1. The van der Waals surface area contributed by atoms with Crippen molar-refractivity contribution in [3.63, 3.8) is 0 Å². The average molecular weight is 615 g/mol. The highest BCUT2D eigenvalue weighted by molar-refractivity contribution is 7.99. The highest BCUT2D eigenvalue weighted by Gasteiger charge is 2.30. The summed E-state index contributed by atoms with van der Waals surface area (Å²) in [5.41, 5.74) is 2.23. The van der Waals surface area contributed by atoms with E-state index in [0.29, 0.717) is 44.6 Å². The third-order valence-electron chi connectivity index (χ3n) is 7.55. The molecule has 1 saturated heterocycles. The molecule has 44 heavy (non-hydrogen) atoms. The average Bonchev–Trinajstić information content (AvgIpc) is 3.45. The van der Waals surface area contributed by atoms with E-state index in [4.69, 9.17) is 4.74 Å². The van der Waals surface area contributed by atoms with Crippen molar-refractivity contribution in [3.8, 4) is 11.4 Å². The SMILES string of the molecule is COc1ccc(-n2c(Cc3ccccc3)nnc2SCCCC(=O)N2CCN(C(=O)c3cccc([N+](=O)[O-])c3)C(C)C2)cc1. The molecule has 0 radical (unpaired) electrons. The van der Waals surface area contributed by atoms with Crippen molar-refractivity contribution < 1.29 is 19.2 Å². The van der Waals surface area contributed by atoms with Gasteiger partial charge in [-0.1, -0.05) is 48.2 Å². The molecular formula is C32H34N6O5S. The predicted octanol–water partition coefficient (Wildman–Crippen LogP) is 5.02. The lowest BCUT2D eigenvalue weighted by Gasteiger charge is -2.40. The van der Waals surface area contributed by atoms with Crippen molar-refractivity contribution in [2.45, 2.75) is 37.4 Å². The molecule has 3 aromatic carbocycles. The minimum atomic E-state index is -0.512. The molecular weight excluding hydrogens is 580 g/mol. The van der Waals surface area contributed by atoms with Crippen LogP contribution >= 0.6 is 11.8 Å². The van der Waals surface area contributed by atoms with E-state index in [0.717, 1.165) is 28.0 Å². The Balaban J connectivity index is 1.17. The minimum absolute atomic E-state index is 0.0429. The van der Waals surface area contributed by atoms with E-state index >= 15 is 0 Å². The van der Waals surface area contributed by atoms with Gasteiger partial charge in [0.1, 0.15) is 11.6 Å². The molecule has 1 unspecified atom stereocenters. The maximum absolute atomic E-state index is 13.1. The van der Waals surface area contributed by atoms with Crippen LogP contribution in [-0.4, -0.2) is 79.8 Å². The molecule has 0 aliphatic carbocycles. The van der Waals surface area contributed by atoms with Crippen LogP contribution in [0.5, 0.6) is 5.75 Å². The van der Waals surface area contributed by atoms with Gasteiger partial charge in [0.25, 0.3) is 11.6 Å². The number of hydrogen-bond acceptors (Lipinski definition) is 8. The Hall–Kier alpha value is -4.71. The van der Waals surface area contributed by atoms with Crippen LogP contribution in [0.25, 0.3) is 5.69 Å². The fraction of sp³-hybridized carbons (Fsp3) is 0.312. The fourth-order valence-electron chi connectivity index (χ4n) is 5.23. The summed E-state index contributed by atoms with van der Waals surface area (Å²) < 4.78 is 7.38. The van der Waals surface area contributed by atoms with E-state index in [9.17, 15) is 19.7 Å². The zero-order chi connectivity index (χ0) is 31.1. The molecule has 0 bridgehead atoms. The monoisotopic (exact) mass is 614 g/mol. The number of rotatable bonds is 11. The van der Waals surface area contributed by atoms with E-state index in [2.05, 4.69) is 26.9 Å². The van der Waals surface area contributed by atoms with Gasteiger partial charge in [0.2, 0.25) is 5.91 Å². The van der Waals surface area contributed by atoms with Gasteiger partial charge >= 0.3 is 0 Å². The first kappa shape index (κ1) is 30.7. The Morgan fingerprint density at radius 2 is 1.80 bits per heavy atom. The predicted molar refractivity (Wildman–Crippen MR) is 167 cm³/mol. The highest BCUT2D eigenvalue weighted by atomic mass is 32.2. The number of nitrogens with zero attached hydrogens (tertiary/aromatic N) is 6. The van der Waals surface area contributed by atoms with Gasteiger partial charge < -0.3 is 14.5 Å². The van der Waals surface area contributed by atoms with Crippen LogP contribution < -0.4 is 4.74 Å². The summed E-state index contributed by atoms with van der Waals surface area (Å²) in [6.07, 6.45) is 1.67. The van der Waals surface area contributed by atoms with Crippen molar-refractivity contribution in [1.29, 1.82) is 0 Å². The smallest absolute Gasteiger partial charge is 0.270 e. The topological polar surface area (TPSA) is 124 Å². The lowest BCUT2D eigenvalue weighted by Crippen LogP contribution is -2.55. The molecule has 228 valence electrons. The summed E-state index contributed by atoms with van der Waals surface area (Å²) >= 11 is 1.56. The van der Waals surface area contributed by atoms with Gasteiger partial charge in [0.05, 0.1) is 12.0 Å². The Labute approximate surface area is 260 Å². The van der Waals surface area contributed by atoms with Crippen LogP contribution in [0.3, 0.4) is 0 Å². The maximum atomic E-state index is 13.1. The lowest BCUT2D eigenvalue weighted by molar-refractivity contribution is -0.384. The van der Waals surface area contributed by atoms with Gasteiger partial charge in [0, 0.05) is 67.7 Å². The van der Waals surface area contributed by atoms with E-state index in [1.165, 1.54) is 18.2 Å². The quantitative estimate of drug-likeness (QED) is 0.0999. The Morgan fingerprint density at radius 1 is 1.02 bits per heavy atom. The molecule has 2 heterocycles. The van der Waals surface area contributed by atoms with Crippen LogP contribution in [-0.2, 0) is 11.2 Å². The fourth-order valence-corrected chi connectivity index (χ4v) is 6.14. The second-order valence-corrected chi connectivity index (χ2v) is 11.6. The molecule has 0 saturated carbocycles. The number of carbonyl (C=O) groups is 2. The largest absolute Gasteiger partial charge is 0.497 e. The second-order valence-electron chi connectivity index (χ2n) is 10.5. The van der Waals surface area contributed by atoms with E-state index < -0.39 is 4.92 Å². The Morgan fingerprint density at radius 3 is 2.50 bits per heavy atom. The summed E-state index contributed by atoms with van der Waals surface area (Å²) in [5, 5.41) is 20.9. The normalized spacial score (nSPS) is 14.8. The van der Waals surface area contributed by atoms with E-state index in [-0.39, 0.29) is 29.1 Å². The third kappa shape index (κ3) is 7.25. The zero-order valence-corrected chi connectivity index (χ0v) is 25.5. The Kier molecular flexibility index (Phi) is 9.90. The minimum Gasteiger partial charge on any atom is -0.497 e. The molecule has 5 rings (SSSR count). The van der Waals surface area contributed by atoms with Crippen LogP contribution in [0, 0.1) is 10.1 Å². The number of carbonyl (C=O) groups excluding carboxylic acids is 2. The number of aromatic nitrogens is 3. The van der Waals surface area contributed by atoms with Crippen LogP contribution in [0.4, 0.5) is 5.69 Å². The molecule has 1 aliphatic heterocycles. The van der Waals surface area contributed by atoms with Gasteiger partial charge in [-0.25, -0.2) is 0 Å². The number of amides is 2. The van der Waals surface area contributed by atoms with Crippen LogP contribution in [0.2, 0.25) is 0 Å². The molecule has 11 nitrogen and oxygen atoms in total. The third-order valence-corrected chi connectivity index (χ3v) is 8.56. The summed E-state index contributed by atoms with van der Waals surface area (Å²) in [6.45, 7) is 3.11. The molecule has 2 amide bonds. The first-order valence-corrected chi connectivity index (χ1v) is 15.4. The molecule has 0 spiro atoms. The van der Waals surface area contributed by atoms with Crippen molar-refractivity contribution >= 4 is 29.3 Å². The molecule has 1 fully saturated rings. The summed E-state index contributed by atoms with van der Waals surface area (Å²) in [7, 11) is 1.64. The zero-order valence-electron chi connectivity index (χ0n) is 24.7. The van der Waals surface area contributed by atoms with Gasteiger partial charge in [-0.2, -0.15) is 0 Å². The number of nitro benzene ring substituents is 1. The molecule has 0 N–H and O–H groups in total. The van der Waals surface area contributed by atoms with Crippen molar-refractivity contribution in [3.05, 3.63) is 106 Å². The van der Waals surface area contributed by atoms with E-state index in [1.54, 1.807) is 34.7 Å². The van der Waals surface area contributed by atoms with Gasteiger partial charge in [-0.15, -0.1) is 10.2 Å². The van der Waals surface area contributed by atoms with Gasteiger partial charge in [-0.05, 0) is 49.2 Å². The molecule has 12 heteroatoms. The maximum Gasteiger partial charge on any atom is 0.270 e. The van der Waals surface area contributed by atoms with Crippen LogP contribution in [0.15, 0.2) is 84.0 Å². The Bertz CT molecular complexity index is 1610. The van der Waals surface area contributed by atoms with Crippen LogP contribution in [0.1, 0.15) is 41.5 Å². The van der Waals surface area contributed by atoms with Gasteiger partial charge in [-0.3, -0.25) is 24.3 Å². The summed E-state index contributed by atoms with van der Waals surface area (Å²) in [6, 6.07) is 23.5. The van der Waals surface area contributed by atoms with Crippen molar-refractivity contribution in [2.24, 2.45) is 0 Å². The summed E-state index contributed by atoms with van der Waals surface area (Å²) in [5.74, 6) is 2.05. The number of thioether (sulfide) groups is 1. The summed E-state index contributed by atoms with van der Waals surface area (Å²) in [4.78, 5) is 40.2. The highest BCUT2D eigenvalue weighted by Crippen LogP contribution is 2.26. The number of methoxy groups -OCH3 is 1. The first-order valence-electron chi connectivity index (χ1n) is 14.4. The number of non-ortho nitro benzene ring substituents is 1. The number of piperazine rings is 1. The number of ether oxygens (including phenoxy) is 1. The second kappa shape index (κ2) is 14.2. The molecule has 1 atom stereocenters.